The van der Waals surface area contributed by atoms with E-state index in [0.29, 0.717) is 17.6 Å². The van der Waals surface area contributed by atoms with Crippen molar-refractivity contribution in [2.45, 2.75) is 44.2 Å². The number of hydrogen-bond acceptors (Lipinski definition) is 3. The molecule has 1 aromatic carbocycles. The fraction of sp³-hybridized carbons (Fsp3) is 0.625. The summed E-state index contributed by atoms with van der Waals surface area (Å²) in [6, 6.07) is 8.58. The molecule has 104 valence electrons. The standard InChI is InChI=1S/C16H23NO2/c1-17-14-11-15(16(14)9-5-6-10-16)19-13-8-4-3-7-12(13)18-2/h3-4,7-8,14-15,17H,5-6,9-11H2,1-2H3. The van der Waals surface area contributed by atoms with Gasteiger partial charge in [0.05, 0.1) is 7.11 Å². The van der Waals surface area contributed by atoms with Crippen LogP contribution in [0.1, 0.15) is 32.1 Å². The van der Waals surface area contributed by atoms with Crippen LogP contribution in [0.25, 0.3) is 0 Å². The Hall–Kier alpha value is -1.22. The summed E-state index contributed by atoms with van der Waals surface area (Å²) >= 11 is 0. The summed E-state index contributed by atoms with van der Waals surface area (Å²) in [7, 11) is 3.77. The van der Waals surface area contributed by atoms with Crippen molar-refractivity contribution in [1.82, 2.24) is 5.32 Å². The summed E-state index contributed by atoms with van der Waals surface area (Å²) in [4.78, 5) is 0. The third-order valence-corrected chi connectivity index (χ3v) is 5.01. The van der Waals surface area contributed by atoms with Crippen molar-refractivity contribution < 1.29 is 9.47 Å². The minimum Gasteiger partial charge on any atom is -0.493 e. The second-order valence-corrected chi connectivity index (χ2v) is 5.77. The lowest BCUT2D eigenvalue weighted by atomic mass is 9.60. The van der Waals surface area contributed by atoms with Crippen LogP contribution in [0, 0.1) is 5.41 Å². The van der Waals surface area contributed by atoms with Crippen molar-refractivity contribution in [2.24, 2.45) is 5.41 Å². The number of rotatable bonds is 4. The predicted octanol–water partition coefficient (Wildman–Crippen LogP) is 2.99. The molecule has 2 aliphatic carbocycles. The van der Waals surface area contributed by atoms with Crippen molar-refractivity contribution in [2.75, 3.05) is 14.2 Å². The smallest absolute Gasteiger partial charge is 0.161 e. The highest BCUT2D eigenvalue weighted by molar-refractivity contribution is 5.40. The van der Waals surface area contributed by atoms with E-state index in [0.717, 1.165) is 17.9 Å². The number of nitrogens with one attached hydrogen (secondary N) is 1. The summed E-state index contributed by atoms with van der Waals surface area (Å²) in [6.45, 7) is 0. The third-order valence-electron chi connectivity index (χ3n) is 5.01. The van der Waals surface area contributed by atoms with Crippen LogP contribution in [0.2, 0.25) is 0 Å². The molecule has 1 N–H and O–H groups in total. The van der Waals surface area contributed by atoms with E-state index in [9.17, 15) is 0 Å². The summed E-state index contributed by atoms with van der Waals surface area (Å²) in [5.41, 5.74) is 0.357. The van der Waals surface area contributed by atoms with E-state index in [1.54, 1.807) is 7.11 Å². The first-order valence-corrected chi connectivity index (χ1v) is 7.27. The normalized spacial score (nSPS) is 28.1. The Morgan fingerprint density at radius 3 is 2.47 bits per heavy atom. The van der Waals surface area contributed by atoms with E-state index in [-0.39, 0.29) is 0 Å². The van der Waals surface area contributed by atoms with Gasteiger partial charge in [-0.1, -0.05) is 25.0 Å². The molecule has 0 saturated heterocycles. The second kappa shape index (κ2) is 5.04. The topological polar surface area (TPSA) is 30.5 Å². The molecule has 0 aromatic heterocycles. The van der Waals surface area contributed by atoms with Gasteiger partial charge in [0.15, 0.2) is 11.5 Å². The highest BCUT2D eigenvalue weighted by Crippen LogP contribution is 2.55. The maximum Gasteiger partial charge on any atom is 0.161 e. The van der Waals surface area contributed by atoms with Crippen LogP contribution in [-0.4, -0.2) is 26.3 Å². The highest BCUT2D eigenvalue weighted by atomic mass is 16.5. The summed E-state index contributed by atoms with van der Waals surface area (Å²) in [6.07, 6.45) is 6.70. The van der Waals surface area contributed by atoms with Crippen LogP contribution >= 0.6 is 0 Å². The molecule has 2 aliphatic rings. The molecule has 19 heavy (non-hydrogen) atoms. The molecule has 0 radical (unpaired) electrons. The van der Waals surface area contributed by atoms with Crippen molar-refractivity contribution in [3.05, 3.63) is 24.3 Å². The first-order chi connectivity index (χ1) is 9.30. The quantitative estimate of drug-likeness (QED) is 0.904. The minimum atomic E-state index is 0.337. The molecule has 0 amide bonds. The zero-order valence-electron chi connectivity index (χ0n) is 11.8. The molecule has 2 atom stereocenters. The summed E-state index contributed by atoms with van der Waals surface area (Å²) in [5.74, 6) is 1.72. The van der Waals surface area contributed by atoms with Gasteiger partial charge in [-0.15, -0.1) is 0 Å². The number of ether oxygens (including phenoxy) is 2. The maximum atomic E-state index is 6.28. The molecule has 3 nitrogen and oxygen atoms in total. The Balaban J connectivity index is 1.77. The molecule has 2 unspecified atom stereocenters. The average Bonchev–Trinajstić information content (AvgIpc) is 2.95. The van der Waals surface area contributed by atoms with E-state index in [1.165, 1.54) is 25.7 Å². The number of hydrogen-bond donors (Lipinski definition) is 1. The molecule has 0 heterocycles. The van der Waals surface area contributed by atoms with Gasteiger partial charge >= 0.3 is 0 Å². The van der Waals surface area contributed by atoms with Gasteiger partial charge in [-0.05, 0) is 32.0 Å². The van der Waals surface area contributed by atoms with Gasteiger partial charge in [-0.2, -0.15) is 0 Å². The summed E-state index contributed by atoms with van der Waals surface area (Å²) < 4.78 is 11.7. The molecule has 3 rings (SSSR count). The lowest BCUT2D eigenvalue weighted by molar-refractivity contribution is -0.0744. The van der Waals surface area contributed by atoms with E-state index in [1.807, 2.05) is 24.3 Å². The highest BCUT2D eigenvalue weighted by Gasteiger charge is 2.57. The van der Waals surface area contributed by atoms with Crippen LogP contribution in [0.4, 0.5) is 0 Å². The van der Waals surface area contributed by atoms with Gasteiger partial charge in [-0.25, -0.2) is 0 Å². The van der Waals surface area contributed by atoms with Gasteiger partial charge in [-0.3, -0.25) is 0 Å². The van der Waals surface area contributed by atoms with E-state index >= 15 is 0 Å². The fourth-order valence-electron chi connectivity index (χ4n) is 3.89. The molecule has 2 saturated carbocycles. The minimum absolute atomic E-state index is 0.337. The number of methoxy groups -OCH3 is 1. The Labute approximate surface area is 115 Å². The lowest BCUT2D eigenvalue weighted by Crippen LogP contribution is -2.63. The number of para-hydroxylation sites is 2. The van der Waals surface area contributed by atoms with E-state index in [4.69, 9.17) is 9.47 Å². The van der Waals surface area contributed by atoms with Crippen LogP contribution < -0.4 is 14.8 Å². The first-order valence-electron chi connectivity index (χ1n) is 7.27. The van der Waals surface area contributed by atoms with Crippen molar-refractivity contribution >= 4 is 0 Å². The largest absolute Gasteiger partial charge is 0.493 e. The zero-order chi connectivity index (χ0) is 13.3. The van der Waals surface area contributed by atoms with E-state index in [2.05, 4.69) is 12.4 Å². The third kappa shape index (κ3) is 2.00. The Morgan fingerprint density at radius 2 is 1.84 bits per heavy atom. The lowest BCUT2D eigenvalue weighted by Gasteiger charge is -2.53. The Kier molecular flexibility index (Phi) is 3.40. The predicted molar refractivity (Wildman–Crippen MR) is 75.8 cm³/mol. The van der Waals surface area contributed by atoms with Crippen LogP contribution in [-0.2, 0) is 0 Å². The molecular formula is C16H23NO2. The second-order valence-electron chi connectivity index (χ2n) is 5.77. The molecule has 2 fully saturated rings. The maximum absolute atomic E-state index is 6.28. The van der Waals surface area contributed by atoms with Crippen LogP contribution in [0.15, 0.2) is 24.3 Å². The molecule has 1 spiro atoms. The Morgan fingerprint density at radius 1 is 1.16 bits per heavy atom. The SMILES string of the molecule is CNC1CC(Oc2ccccc2OC)C12CCCC2. The summed E-state index contributed by atoms with van der Waals surface area (Å²) in [5, 5.41) is 3.47. The van der Waals surface area contributed by atoms with Crippen molar-refractivity contribution in [1.29, 1.82) is 0 Å². The van der Waals surface area contributed by atoms with Gasteiger partial charge in [0.1, 0.15) is 6.10 Å². The monoisotopic (exact) mass is 261 g/mol. The molecule has 3 heteroatoms. The van der Waals surface area contributed by atoms with Gasteiger partial charge in [0.2, 0.25) is 0 Å². The van der Waals surface area contributed by atoms with Gasteiger partial charge in [0, 0.05) is 17.9 Å². The van der Waals surface area contributed by atoms with Crippen molar-refractivity contribution in [3.63, 3.8) is 0 Å². The van der Waals surface area contributed by atoms with Gasteiger partial charge in [0.25, 0.3) is 0 Å². The van der Waals surface area contributed by atoms with Crippen molar-refractivity contribution in [3.8, 4) is 11.5 Å². The molecule has 0 bridgehead atoms. The molecular weight excluding hydrogens is 238 g/mol. The van der Waals surface area contributed by atoms with Crippen LogP contribution in [0.5, 0.6) is 11.5 Å². The number of benzene rings is 1. The molecule has 0 aliphatic heterocycles. The van der Waals surface area contributed by atoms with Gasteiger partial charge < -0.3 is 14.8 Å². The zero-order valence-corrected chi connectivity index (χ0v) is 11.8. The fourth-order valence-corrected chi connectivity index (χ4v) is 3.89. The molecule has 1 aromatic rings. The Bertz CT molecular complexity index is 440. The first kappa shape index (κ1) is 12.8. The average molecular weight is 261 g/mol. The van der Waals surface area contributed by atoms with Crippen LogP contribution in [0.3, 0.4) is 0 Å². The van der Waals surface area contributed by atoms with E-state index < -0.39 is 0 Å².